The SMILES string of the molecule is CCOC(=O)[C@H]1C(=O)C=C(c2cccc(F)c2)C[C@@H]1c1cccs1. The van der Waals surface area contributed by atoms with Gasteiger partial charge in [0.15, 0.2) is 5.78 Å². The number of ether oxygens (including phenoxy) is 1. The minimum Gasteiger partial charge on any atom is -0.465 e. The molecule has 1 aromatic carbocycles. The van der Waals surface area contributed by atoms with Gasteiger partial charge in [-0.15, -0.1) is 11.3 Å². The number of carbonyl (C=O) groups excluding carboxylic acids is 2. The highest BCUT2D eigenvalue weighted by molar-refractivity contribution is 7.10. The second-order valence-corrected chi connectivity index (χ2v) is 6.62. The van der Waals surface area contributed by atoms with Crippen molar-refractivity contribution in [1.82, 2.24) is 0 Å². The molecule has 2 aromatic rings. The van der Waals surface area contributed by atoms with Gasteiger partial charge in [0.25, 0.3) is 0 Å². The van der Waals surface area contributed by atoms with E-state index in [9.17, 15) is 14.0 Å². The van der Waals surface area contributed by atoms with Crippen molar-refractivity contribution in [3.63, 3.8) is 0 Å². The molecule has 1 heterocycles. The number of hydrogen-bond donors (Lipinski definition) is 0. The highest BCUT2D eigenvalue weighted by Crippen LogP contribution is 2.41. The Morgan fingerprint density at radius 3 is 2.83 bits per heavy atom. The van der Waals surface area contributed by atoms with E-state index >= 15 is 0 Å². The summed E-state index contributed by atoms with van der Waals surface area (Å²) >= 11 is 1.51. The van der Waals surface area contributed by atoms with Gasteiger partial charge >= 0.3 is 5.97 Å². The van der Waals surface area contributed by atoms with Gasteiger partial charge in [-0.1, -0.05) is 18.2 Å². The van der Waals surface area contributed by atoms with E-state index in [2.05, 4.69) is 0 Å². The van der Waals surface area contributed by atoms with Gasteiger partial charge in [-0.3, -0.25) is 9.59 Å². The summed E-state index contributed by atoms with van der Waals surface area (Å²) in [7, 11) is 0. The quantitative estimate of drug-likeness (QED) is 0.616. The summed E-state index contributed by atoms with van der Waals surface area (Å²) in [5.41, 5.74) is 1.42. The van der Waals surface area contributed by atoms with Gasteiger partial charge in [-0.05, 0) is 54.1 Å². The topological polar surface area (TPSA) is 43.4 Å². The lowest BCUT2D eigenvalue weighted by Gasteiger charge is -2.28. The molecule has 0 bridgehead atoms. The highest BCUT2D eigenvalue weighted by Gasteiger charge is 2.40. The molecular weight excluding hydrogens is 327 g/mol. The molecule has 1 aliphatic carbocycles. The zero-order chi connectivity index (χ0) is 17.1. The first kappa shape index (κ1) is 16.6. The third-order valence-corrected chi connectivity index (χ3v) is 5.11. The molecule has 0 saturated heterocycles. The van der Waals surface area contributed by atoms with Crippen molar-refractivity contribution in [2.24, 2.45) is 5.92 Å². The Balaban J connectivity index is 2.00. The minimum atomic E-state index is -0.832. The molecule has 0 N–H and O–H groups in total. The normalized spacial score (nSPS) is 20.6. The van der Waals surface area contributed by atoms with Crippen molar-refractivity contribution < 1.29 is 18.7 Å². The van der Waals surface area contributed by atoms with Crippen molar-refractivity contribution in [1.29, 1.82) is 0 Å². The van der Waals surface area contributed by atoms with Crippen LogP contribution in [0, 0.1) is 11.7 Å². The van der Waals surface area contributed by atoms with Crippen molar-refractivity contribution in [3.8, 4) is 0 Å². The molecule has 24 heavy (non-hydrogen) atoms. The Kier molecular flexibility index (Phi) is 4.90. The van der Waals surface area contributed by atoms with Crippen LogP contribution in [-0.2, 0) is 14.3 Å². The smallest absolute Gasteiger partial charge is 0.317 e. The fourth-order valence-corrected chi connectivity index (χ4v) is 3.91. The number of esters is 1. The average Bonchev–Trinajstić information content (AvgIpc) is 3.08. The summed E-state index contributed by atoms with van der Waals surface area (Å²) < 4.78 is 18.6. The van der Waals surface area contributed by atoms with E-state index in [1.807, 2.05) is 17.5 Å². The Hall–Kier alpha value is -2.27. The minimum absolute atomic E-state index is 0.236. The molecule has 0 radical (unpaired) electrons. The third kappa shape index (κ3) is 3.31. The van der Waals surface area contributed by atoms with Crippen LogP contribution in [0.1, 0.15) is 29.7 Å². The number of rotatable bonds is 4. The van der Waals surface area contributed by atoms with Gasteiger partial charge in [-0.2, -0.15) is 0 Å². The fourth-order valence-electron chi connectivity index (χ4n) is 3.04. The van der Waals surface area contributed by atoms with Crippen LogP contribution in [0.15, 0.2) is 47.9 Å². The van der Waals surface area contributed by atoms with Gasteiger partial charge < -0.3 is 4.74 Å². The summed E-state index contributed by atoms with van der Waals surface area (Å²) in [6.45, 7) is 1.96. The Morgan fingerprint density at radius 2 is 2.17 bits per heavy atom. The molecule has 5 heteroatoms. The number of benzene rings is 1. The number of carbonyl (C=O) groups is 2. The van der Waals surface area contributed by atoms with Crippen LogP contribution in [0.2, 0.25) is 0 Å². The van der Waals surface area contributed by atoms with Gasteiger partial charge in [-0.25, -0.2) is 4.39 Å². The van der Waals surface area contributed by atoms with Crippen LogP contribution >= 0.6 is 11.3 Å². The highest BCUT2D eigenvalue weighted by atomic mass is 32.1. The molecule has 0 spiro atoms. The first-order chi connectivity index (χ1) is 11.6. The largest absolute Gasteiger partial charge is 0.465 e. The molecule has 0 fully saturated rings. The molecule has 0 saturated carbocycles. The number of halogens is 1. The summed E-state index contributed by atoms with van der Waals surface area (Å²) in [6.07, 6.45) is 1.96. The summed E-state index contributed by atoms with van der Waals surface area (Å²) in [5.74, 6) is -2.23. The van der Waals surface area contributed by atoms with E-state index in [4.69, 9.17) is 4.74 Å². The van der Waals surface area contributed by atoms with Crippen LogP contribution in [0.3, 0.4) is 0 Å². The predicted octanol–water partition coefficient (Wildman–Crippen LogP) is 4.21. The Labute approximate surface area is 143 Å². The lowest BCUT2D eigenvalue weighted by atomic mass is 9.76. The monoisotopic (exact) mass is 344 g/mol. The zero-order valence-electron chi connectivity index (χ0n) is 13.2. The molecule has 1 aromatic heterocycles. The van der Waals surface area contributed by atoms with E-state index in [0.29, 0.717) is 12.0 Å². The van der Waals surface area contributed by atoms with Crippen molar-refractivity contribution in [3.05, 3.63) is 64.1 Å². The maximum atomic E-state index is 13.5. The number of ketones is 1. The summed E-state index contributed by atoms with van der Waals surface area (Å²) in [5, 5.41) is 1.92. The number of thiophene rings is 1. The molecule has 0 aliphatic heterocycles. The Bertz CT molecular complexity index is 780. The predicted molar refractivity (Wildman–Crippen MR) is 91.2 cm³/mol. The lowest BCUT2D eigenvalue weighted by Crippen LogP contribution is -2.33. The van der Waals surface area contributed by atoms with Crippen molar-refractivity contribution in [2.45, 2.75) is 19.3 Å². The van der Waals surface area contributed by atoms with E-state index in [-0.39, 0.29) is 24.1 Å². The molecule has 1 aliphatic rings. The molecule has 2 atom stereocenters. The molecule has 3 nitrogen and oxygen atoms in total. The van der Waals surface area contributed by atoms with E-state index in [1.165, 1.54) is 29.5 Å². The summed E-state index contributed by atoms with van der Waals surface area (Å²) in [6, 6.07) is 9.99. The summed E-state index contributed by atoms with van der Waals surface area (Å²) in [4.78, 5) is 25.9. The number of hydrogen-bond acceptors (Lipinski definition) is 4. The van der Waals surface area contributed by atoms with E-state index in [0.717, 1.165) is 10.5 Å². The van der Waals surface area contributed by atoms with Crippen LogP contribution in [0.25, 0.3) is 5.57 Å². The molecule has 124 valence electrons. The van der Waals surface area contributed by atoms with Crippen LogP contribution in [0.4, 0.5) is 4.39 Å². The second kappa shape index (κ2) is 7.09. The average molecular weight is 344 g/mol. The molecule has 0 amide bonds. The fraction of sp³-hybridized carbons (Fsp3) is 0.263. The maximum absolute atomic E-state index is 13.5. The Morgan fingerprint density at radius 1 is 1.33 bits per heavy atom. The molecule has 0 unspecified atom stereocenters. The second-order valence-electron chi connectivity index (χ2n) is 5.64. The van der Waals surface area contributed by atoms with Crippen LogP contribution < -0.4 is 0 Å². The zero-order valence-corrected chi connectivity index (χ0v) is 14.0. The van der Waals surface area contributed by atoms with Gasteiger partial charge in [0.1, 0.15) is 11.7 Å². The third-order valence-electron chi connectivity index (χ3n) is 4.11. The van der Waals surface area contributed by atoms with Crippen molar-refractivity contribution in [2.75, 3.05) is 6.61 Å². The van der Waals surface area contributed by atoms with Crippen LogP contribution in [0.5, 0.6) is 0 Å². The van der Waals surface area contributed by atoms with Crippen molar-refractivity contribution >= 4 is 28.7 Å². The van der Waals surface area contributed by atoms with Crippen LogP contribution in [-0.4, -0.2) is 18.4 Å². The maximum Gasteiger partial charge on any atom is 0.317 e. The first-order valence-corrected chi connectivity index (χ1v) is 8.68. The number of allylic oxidation sites excluding steroid dienone is 2. The lowest BCUT2D eigenvalue weighted by molar-refractivity contribution is -0.151. The molecular formula is C19H17FO3S. The van der Waals surface area contributed by atoms with E-state index in [1.54, 1.807) is 19.1 Å². The van der Waals surface area contributed by atoms with Gasteiger partial charge in [0, 0.05) is 10.8 Å². The van der Waals surface area contributed by atoms with Gasteiger partial charge in [0.05, 0.1) is 6.61 Å². The standard InChI is InChI=1S/C19H17FO3S/c1-2-23-19(22)18-15(17-7-4-8-24-17)10-13(11-16(18)21)12-5-3-6-14(20)9-12/h3-9,11,15,18H,2,10H2,1H3/t15-,18-/m1/s1. The molecule has 3 rings (SSSR count). The van der Waals surface area contributed by atoms with Gasteiger partial charge in [0.2, 0.25) is 0 Å². The first-order valence-electron chi connectivity index (χ1n) is 7.80. The van der Waals surface area contributed by atoms with E-state index < -0.39 is 11.9 Å².